The number of nitrogens with one attached hydrogen (secondary N) is 1. The van der Waals surface area contributed by atoms with Crippen LogP contribution in [-0.2, 0) is 11.8 Å². The van der Waals surface area contributed by atoms with Crippen LogP contribution >= 0.6 is 0 Å². The van der Waals surface area contributed by atoms with Gasteiger partial charge in [-0.05, 0) is 24.6 Å². The molecular formula is C13H13F3N4O. The predicted octanol–water partition coefficient (Wildman–Crippen LogP) is 1.85. The van der Waals surface area contributed by atoms with Crippen molar-refractivity contribution >= 4 is 0 Å². The van der Waals surface area contributed by atoms with Crippen molar-refractivity contribution in [1.29, 1.82) is 0 Å². The van der Waals surface area contributed by atoms with E-state index in [0.29, 0.717) is 6.42 Å². The van der Waals surface area contributed by atoms with Gasteiger partial charge in [0.25, 0.3) is 0 Å². The maximum atomic E-state index is 13.4. The lowest BCUT2D eigenvalue weighted by atomic mass is 9.86. The fraction of sp³-hybridized carbons (Fsp3) is 0.462. The normalized spacial score (nSPS) is 22.6. The lowest BCUT2D eigenvalue weighted by molar-refractivity contribution is -0.191. The third kappa shape index (κ3) is 2.51. The molecule has 2 aromatic heterocycles. The number of pyridine rings is 1. The number of hydrogen-bond acceptors (Lipinski definition) is 5. The van der Waals surface area contributed by atoms with E-state index in [0.717, 1.165) is 5.56 Å². The van der Waals surface area contributed by atoms with E-state index in [-0.39, 0.29) is 31.2 Å². The molecular weight excluding hydrogens is 285 g/mol. The summed E-state index contributed by atoms with van der Waals surface area (Å²) < 4.78 is 45.0. The summed E-state index contributed by atoms with van der Waals surface area (Å²) in [6.07, 6.45) is -0.987. The lowest BCUT2D eigenvalue weighted by Crippen LogP contribution is -2.44. The van der Waals surface area contributed by atoms with Crippen LogP contribution in [0, 0.1) is 0 Å². The maximum Gasteiger partial charge on any atom is 0.404 e. The number of alkyl halides is 3. The molecule has 1 aliphatic rings. The van der Waals surface area contributed by atoms with Gasteiger partial charge in [0.05, 0.1) is 0 Å². The second-order valence-electron chi connectivity index (χ2n) is 5.06. The van der Waals surface area contributed by atoms with Crippen molar-refractivity contribution in [3.63, 3.8) is 0 Å². The fourth-order valence-electron chi connectivity index (χ4n) is 2.44. The number of aromatic nitrogens is 3. The van der Waals surface area contributed by atoms with Crippen molar-refractivity contribution in [3.05, 3.63) is 41.8 Å². The quantitative estimate of drug-likeness (QED) is 0.937. The molecule has 0 saturated carbocycles. The van der Waals surface area contributed by atoms with Crippen molar-refractivity contribution in [3.8, 4) is 0 Å². The number of nitrogens with zero attached hydrogens (tertiary/aromatic N) is 3. The second-order valence-corrected chi connectivity index (χ2v) is 5.06. The average Bonchev–Trinajstić information content (AvgIpc) is 3.08. The number of rotatable bonds is 3. The molecule has 0 aliphatic carbocycles. The van der Waals surface area contributed by atoms with Gasteiger partial charge < -0.3 is 9.84 Å². The molecule has 0 bridgehead atoms. The van der Waals surface area contributed by atoms with Gasteiger partial charge in [0.1, 0.15) is 0 Å². The largest absolute Gasteiger partial charge is 0.404 e. The molecule has 0 spiro atoms. The molecule has 1 N–H and O–H groups in total. The molecule has 21 heavy (non-hydrogen) atoms. The Labute approximate surface area is 118 Å². The first-order valence-corrected chi connectivity index (χ1v) is 6.51. The minimum Gasteiger partial charge on any atom is -0.338 e. The molecule has 2 aromatic rings. The highest BCUT2D eigenvalue weighted by atomic mass is 19.4. The van der Waals surface area contributed by atoms with Crippen LogP contribution in [-0.4, -0.2) is 34.4 Å². The third-order valence-electron chi connectivity index (χ3n) is 3.66. The van der Waals surface area contributed by atoms with E-state index in [4.69, 9.17) is 4.52 Å². The van der Waals surface area contributed by atoms with Gasteiger partial charge in [-0.15, -0.1) is 0 Å². The van der Waals surface area contributed by atoms with Crippen LogP contribution in [0.5, 0.6) is 0 Å². The zero-order valence-corrected chi connectivity index (χ0v) is 11.0. The topological polar surface area (TPSA) is 63.8 Å². The van der Waals surface area contributed by atoms with Crippen LogP contribution in [0.25, 0.3) is 0 Å². The van der Waals surface area contributed by atoms with E-state index in [1.807, 2.05) is 0 Å². The molecule has 1 fully saturated rings. The molecule has 8 heteroatoms. The molecule has 1 saturated heterocycles. The molecule has 112 valence electrons. The fourth-order valence-corrected chi connectivity index (χ4v) is 2.44. The second kappa shape index (κ2) is 5.10. The summed E-state index contributed by atoms with van der Waals surface area (Å²) in [6, 6.07) is 3.55. The highest BCUT2D eigenvalue weighted by Gasteiger charge is 2.61. The zero-order valence-electron chi connectivity index (χ0n) is 11.0. The SMILES string of the molecule is FC(F)(F)C1(c2nc(Cc3cccnc3)no2)CCNC1. The van der Waals surface area contributed by atoms with Crippen molar-refractivity contribution in [1.82, 2.24) is 20.4 Å². The minimum atomic E-state index is -4.42. The van der Waals surface area contributed by atoms with Gasteiger partial charge in [0.2, 0.25) is 5.89 Å². The molecule has 0 amide bonds. The van der Waals surface area contributed by atoms with Crippen LogP contribution in [0.15, 0.2) is 29.0 Å². The first-order valence-electron chi connectivity index (χ1n) is 6.51. The number of halogens is 3. The Morgan fingerprint density at radius 3 is 2.86 bits per heavy atom. The first kappa shape index (κ1) is 14.0. The summed E-state index contributed by atoms with van der Waals surface area (Å²) in [6.45, 7) is 0.0465. The van der Waals surface area contributed by atoms with Crippen LogP contribution in [0.1, 0.15) is 23.7 Å². The highest BCUT2D eigenvalue weighted by Crippen LogP contribution is 2.44. The average molecular weight is 298 g/mol. The molecule has 1 unspecified atom stereocenters. The molecule has 5 nitrogen and oxygen atoms in total. The minimum absolute atomic E-state index is 0.0922. The summed E-state index contributed by atoms with van der Waals surface area (Å²) in [5.74, 6) is -0.132. The van der Waals surface area contributed by atoms with Gasteiger partial charge in [-0.2, -0.15) is 18.2 Å². The van der Waals surface area contributed by atoms with E-state index >= 15 is 0 Å². The molecule has 1 atom stereocenters. The monoisotopic (exact) mass is 298 g/mol. The van der Waals surface area contributed by atoms with Crippen LogP contribution in [0.4, 0.5) is 13.2 Å². The van der Waals surface area contributed by atoms with Crippen molar-refractivity contribution in [2.75, 3.05) is 13.1 Å². The first-order chi connectivity index (χ1) is 10.0. The summed E-state index contributed by atoms with van der Waals surface area (Å²) in [4.78, 5) is 7.90. The molecule has 0 radical (unpaired) electrons. The van der Waals surface area contributed by atoms with Gasteiger partial charge in [-0.3, -0.25) is 4.98 Å². The van der Waals surface area contributed by atoms with Crippen molar-refractivity contribution in [2.45, 2.75) is 24.4 Å². The van der Waals surface area contributed by atoms with E-state index in [9.17, 15) is 13.2 Å². The molecule has 3 rings (SSSR count). The zero-order chi connectivity index (χ0) is 14.9. The lowest BCUT2D eigenvalue weighted by Gasteiger charge is -2.26. The Kier molecular flexibility index (Phi) is 3.40. The molecule has 3 heterocycles. The van der Waals surface area contributed by atoms with Crippen LogP contribution in [0.2, 0.25) is 0 Å². The Morgan fingerprint density at radius 2 is 2.24 bits per heavy atom. The highest BCUT2D eigenvalue weighted by molar-refractivity contribution is 5.17. The van der Waals surface area contributed by atoms with Crippen LogP contribution in [0.3, 0.4) is 0 Å². The molecule has 1 aliphatic heterocycles. The Balaban J connectivity index is 1.87. The van der Waals surface area contributed by atoms with E-state index in [2.05, 4.69) is 20.4 Å². The van der Waals surface area contributed by atoms with Gasteiger partial charge in [-0.1, -0.05) is 11.2 Å². The summed E-state index contributed by atoms with van der Waals surface area (Å²) in [5, 5.41) is 6.39. The maximum absolute atomic E-state index is 13.4. The summed E-state index contributed by atoms with van der Waals surface area (Å²) in [5.41, 5.74) is -1.26. The van der Waals surface area contributed by atoms with E-state index in [1.165, 1.54) is 0 Å². The van der Waals surface area contributed by atoms with Gasteiger partial charge in [-0.25, -0.2) is 0 Å². The van der Waals surface area contributed by atoms with Crippen molar-refractivity contribution in [2.24, 2.45) is 0 Å². The van der Waals surface area contributed by atoms with Gasteiger partial charge in [0, 0.05) is 25.4 Å². The molecule has 0 aromatic carbocycles. The summed E-state index contributed by atoms with van der Waals surface area (Å²) >= 11 is 0. The predicted molar refractivity (Wildman–Crippen MR) is 66.6 cm³/mol. The van der Waals surface area contributed by atoms with E-state index < -0.39 is 11.6 Å². The van der Waals surface area contributed by atoms with Crippen molar-refractivity contribution < 1.29 is 17.7 Å². The van der Waals surface area contributed by atoms with Gasteiger partial charge in [0.15, 0.2) is 11.2 Å². The Hall–Kier alpha value is -1.96. The van der Waals surface area contributed by atoms with Gasteiger partial charge >= 0.3 is 6.18 Å². The standard InChI is InChI=1S/C13H13F3N4O/c14-13(15,16)12(3-5-18-8-12)11-19-10(20-21-11)6-9-2-1-4-17-7-9/h1-2,4,7,18H,3,5-6,8H2. The number of hydrogen-bond donors (Lipinski definition) is 1. The smallest absolute Gasteiger partial charge is 0.338 e. The van der Waals surface area contributed by atoms with E-state index in [1.54, 1.807) is 24.5 Å². The van der Waals surface area contributed by atoms with Crippen LogP contribution < -0.4 is 5.32 Å². The Bertz CT molecular complexity index is 605. The third-order valence-corrected chi connectivity index (χ3v) is 3.66. The summed E-state index contributed by atoms with van der Waals surface area (Å²) in [7, 11) is 0. The Morgan fingerprint density at radius 1 is 1.38 bits per heavy atom.